The number of aryl methyl sites for hydroxylation is 2. The van der Waals surface area contributed by atoms with Crippen LogP contribution in [0.3, 0.4) is 0 Å². The molecule has 0 saturated heterocycles. The predicted octanol–water partition coefficient (Wildman–Crippen LogP) is 3.38. The van der Waals surface area contributed by atoms with Crippen LogP contribution in [0.15, 0.2) is 12.1 Å². The Bertz CT molecular complexity index is 448. The molecule has 0 aromatic heterocycles. The SMILES string of the molecule is Cc1cc(C)c(N)c(C(=O)OC2CCCCC2)c1. The molecule has 1 aromatic rings. The summed E-state index contributed by atoms with van der Waals surface area (Å²) < 4.78 is 5.55. The van der Waals surface area contributed by atoms with Crippen molar-refractivity contribution < 1.29 is 9.53 Å². The lowest BCUT2D eigenvalue weighted by molar-refractivity contribution is 0.0212. The topological polar surface area (TPSA) is 52.3 Å². The van der Waals surface area contributed by atoms with Crippen molar-refractivity contribution in [3.05, 3.63) is 28.8 Å². The number of esters is 1. The van der Waals surface area contributed by atoms with Crippen LogP contribution in [0, 0.1) is 13.8 Å². The van der Waals surface area contributed by atoms with E-state index in [0.717, 1.165) is 36.8 Å². The van der Waals surface area contributed by atoms with Gasteiger partial charge in [-0.25, -0.2) is 4.79 Å². The molecule has 0 heterocycles. The monoisotopic (exact) mass is 247 g/mol. The molecule has 2 N–H and O–H groups in total. The molecule has 1 fully saturated rings. The van der Waals surface area contributed by atoms with Gasteiger partial charge in [0.15, 0.2) is 0 Å². The molecule has 1 saturated carbocycles. The molecule has 1 aliphatic carbocycles. The lowest BCUT2D eigenvalue weighted by atomic mass is 9.97. The van der Waals surface area contributed by atoms with E-state index in [0.29, 0.717) is 11.3 Å². The zero-order valence-corrected chi connectivity index (χ0v) is 11.2. The summed E-state index contributed by atoms with van der Waals surface area (Å²) >= 11 is 0. The lowest BCUT2D eigenvalue weighted by Gasteiger charge is -2.22. The van der Waals surface area contributed by atoms with Gasteiger partial charge in [0.1, 0.15) is 6.10 Å². The van der Waals surface area contributed by atoms with Gasteiger partial charge in [-0.2, -0.15) is 0 Å². The zero-order valence-electron chi connectivity index (χ0n) is 11.2. The van der Waals surface area contributed by atoms with Crippen LogP contribution in [0.5, 0.6) is 0 Å². The summed E-state index contributed by atoms with van der Waals surface area (Å²) in [5, 5.41) is 0. The normalized spacial score (nSPS) is 16.6. The third-order valence-corrected chi connectivity index (χ3v) is 3.58. The number of rotatable bonds is 2. The number of carbonyl (C=O) groups excluding carboxylic acids is 1. The summed E-state index contributed by atoms with van der Waals surface area (Å²) in [5.74, 6) is -0.272. The summed E-state index contributed by atoms with van der Waals surface area (Å²) in [7, 11) is 0. The third-order valence-electron chi connectivity index (χ3n) is 3.58. The standard InChI is InChI=1S/C15H21NO2/c1-10-8-11(2)14(16)13(9-10)15(17)18-12-6-4-3-5-7-12/h8-9,12H,3-7,16H2,1-2H3. The number of ether oxygens (including phenoxy) is 1. The van der Waals surface area contributed by atoms with Crippen molar-refractivity contribution in [1.29, 1.82) is 0 Å². The first-order valence-electron chi connectivity index (χ1n) is 6.65. The summed E-state index contributed by atoms with van der Waals surface area (Å²) in [6, 6.07) is 3.79. The van der Waals surface area contributed by atoms with E-state index in [1.165, 1.54) is 6.42 Å². The summed E-state index contributed by atoms with van der Waals surface area (Å²) in [6.07, 6.45) is 5.60. The van der Waals surface area contributed by atoms with E-state index in [1.807, 2.05) is 26.0 Å². The average molecular weight is 247 g/mol. The maximum absolute atomic E-state index is 12.1. The quantitative estimate of drug-likeness (QED) is 0.644. The number of nitrogen functional groups attached to an aromatic ring is 1. The second-order valence-electron chi connectivity index (χ2n) is 5.21. The van der Waals surface area contributed by atoms with E-state index in [4.69, 9.17) is 10.5 Å². The van der Waals surface area contributed by atoms with Crippen LogP contribution >= 0.6 is 0 Å². The highest BCUT2D eigenvalue weighted by atomic mass is 16.5. The highest BCUT2D eigenvalue weighted by Crippen LogP contribution is 2.24. The van der Waals surface area contributed by atoms with Crippen molar-refractivity contribution in [2.24, 2.45) is 0 Å². The first-order valence-corrected chi connectivity index (χ1v) is 6.65. The van der Waals surface area contributed by atoms with Gasteiger partial charge < -0.3 is 10.5 Å². The summed E-state index contributed by atoms with van der Waals surface area (Å²) in [5.41, 5.74) is 8.99. The van der Waals surface area contributed by atoms with Gasteiger partial charge in [-0.15, -0.1) is 0 Å². The van der Waals surface area contributed by atoms with Crippen LogP contribution in [-0.4, -0.2) is 12.1 Å². The molecule has 2 rings (SSSR count). The molecule has 0 radical (unpaired) electrons. The molecule has 0 unspecified atom stereocenters. The Morgan fingerprint density at radius 2 is 1.89 bits per heavy atom. The fourth-order valence-corrected chi connectivity index (χ4v) is 2.55. The number of hydrogen-bond donors (Lipinski definition) is 1. The minimum Gasteiger partial charge on any atom is -0.459 e. The zero-order chi connectivity index (χ0) is 13.1. The van der Waals surface area contributed by atoms with Crippen molar-refractivity contribution >= 4 is 11.7 Å². The van der Waals surface area contributed by atoms with Gasteiger partial charge in [0, 0.05) is 5.69 Å². The third kappa shape index (κ3) is 2.84. The van der Waals surface area contributed by atoms with Crippen LogP contribution in [0.1, 0.15) is 53.6 Å². The first kappa shape index (κ1) is 12.9. The second-order valence-corrected chi connectivity index (χ2v) is 5.21. The smallest absolute Gasteiger partial charge is 0.340 e. The second kappa shape index (κ2) is 5.42. The Kier molecular flexibility index (Phi) is 3.90. The minimum atomic E-state index is -0.272. The molecule has 3 heteroatoms. The van der Waals surface area contributed by atoms with Gasteiger partial charge in [-0.1, -0.05) is 12.5 Å². The molecular formula is C15H21NO2. The van der Waals surface area contributed by atoms with Crippen molar-refractivity contribution in [3.8, 4) is 0 Å². The van der Waals surface area contributed by atoms with Gasteiger partial charge in [0.25, 0.3) is 0 Å². The van der Waals surface area contributed by atoms with Crippen LogP contribution in [-0.2, 0) is 4.74 Å². The molecule has 0 amide bonds. The molecule has 3 nitrogen and oxygen atoms in total. The Labute approximate surface area is 108 Å². The van der Waals surface area contributed by atoms with Crippen LogP contribution in [0.4, 0.5) is 5.69 Å². The number of nitrogens with two attached hydrogens (primary N) is 1. The molecular weight excluding hydrogens is 226 g/mol. The minimum absolute atomic E-state index is 0.0754. The van der Waals surface area contributed by atoms with Gasteiger partial charge >= 0.3 is 5.97 Å². The molecule has 1 aliphatic rings. The number of hydrogen-bond acceptors (Lipinski definition) is 3. The lowest BCUT2D eigenvalue weighted by Crippen LogP contribution is -2.21. The molecule has 1 aromatic carbocycles. The van der Waals surface area contributed by atoms with Crippen LogP contribution in [0.25, 0.3) is 0 Å². The number of benzene rings is 1. The van der Waals surface area contributed by atoms with E-state index in [9.17, 15) is 4.79 Å². The molecule has 18 heavy (non-hydrogen) atoms. The van der Waals surface area contributed by atoms with Gasteiger partial charge in [0.2, 0.25) is 0 Å². The van der Waals surface area contributed by atoms with Crippen LogP contribution in [0.2, 0.25) is 0 Å². The van der Waals surface area contributed by atoms with Crippen molar-refractivity contribution in [2.75, 3.05) is 5.73 Å². The Morgan fingerprint density at radius 3 is 2.56 bits per heavy atom. The summed E-state index contributed by atoms with van der Waals surface area (Å²) in [6.45, 7) is 3.88. The highest BCUT2D eigenvalue weighted by Gasteiger charge is 2.20. The van der Waals surface area contributed by atoms with Crippen molar-refractivity contribution in [2.45, 2.75) is 52.1 Å². The van der Waals surface area contributed by atoms with Gasteiger partial charge in [0.05, 0.1) is 5.56 Å². The highest BCUT2D eigenvalue weighted by molar-refractivity contribution is 5.96. The Morgan fingerprint density at radius 1 is 1.22 bits per heavy atom. The van der Waals surface area contributed by atoms with E-state index in [1.54, 1.807) is 0 Å². The Hall–Kier alpha value is -1.51. The van der Waals surface area contributed by atoms with Crippen molar-refractivity contribution in [1.82, 2.24) is 0 Å². The average Bonchev–Trinajstić information content (AvgIpc) is 2.35. The van der Waals surface area contributed by atoms with Gasteiger partial charge in [-0.3, -0.25) is 0 Å². The maximum atomic E-state index is 12.1. The fourth-order valence-electron chi connectivity index (χ4n) is 2.55. The molecule has 0 spiro atoms. The van der Waals surface area contributed by atoms with Crippen molar-refractivity contribution in [3.63, 3.8) is 0 Å². The number of anilines is 1. The fraction of sp³-hybridized carbons (Fsp3) is 0.533. The van der Waals surface area contributed by atoms with E-state index < -0.39 is 0 Å². The molecule has 0 bridgehead atoms. The largest absolute Gasteiger partial charge is 0.459 e. The van der Waals surface area contributed by atoms with E-state index >= 15 is 0 Å². The molecule has 98 valence electrons. The van der Waals surface area contributed by atoms with E-state index in [-0.39, 0.29) is 12.1 Å². The maximum Gasteiger partial charge on any atom is 0.340 e. The summed E-state index contributed by atoms with van der Waals surface area (Å²) in [4.78, 5) is 12.1. The predicted molar refractivity (Wildman–Crippen MR) is 72.6 cm³/mol. The molecule has 0 atom stereocenters. The Balaban J connectivity index is 2.13. The van der Waals surface area contributed by atoms with E-state index in [2.05, 4.69) is 0 Å². The molecule has 0 aliphatic heterocycles. The first-order chi connectivity index (χ1) is 8.58. The van der Waals surface area contributed by atoms with Crippen LogP contribution < -0.4 is 5.73 Å². The number of carbonyl (C=O) groups is 1. The van der Waals surface area contributed by atoms with Gasteiger partial charge in [-0.05, 0) is 56.7 Å².